The van der Waals surface area contributed by atoms with E-state index in [-0.39, 0.29) is 17.6 Å². The summed E-state index contributed by atoms with van der Waals surface area (Å²) in [6, 6.07) is 9.50. The van der Waals surface area contributed by atoms with Crippen molar-refractivity contribution in [2.75, 3.05) is 11.4 Å². The number of β-amino-alcohol motifs (C(OH)–C–C–N with tert-alkyl or cyclic N) is 1. The van der Waals surface area contributed by atoms with Gasteiger partial charge in [0.25, 0.3) is 5.91 Å². The van der Waals surface area contributed by atoms with E-state index in [0.29, 0.717) is 13.0 Å². The molecule has 3 rings (SSSR count). The smallest absolute Gasteiger partial charge is 0.267 e. The van der Waals surface area contributed by atoms with Crippen molar-refractivity contribution >= 4 is 11.6 Å². The van der Waals surface area contributed by atoms with Gasteiger partial charge in [0.1, 0.15) is 11.5 Å². The van der Waals surface area contributed by atoms with E-state index in [4.69, 9.17) is 5.73 Å². The number of anilines is 1. The molecule has 0 spiro atoms. The summed E-state index contributed by atoms with van der Waals surface area (Å²) in [5.74, 6) is -0.921. The summed E-state index contributed by atoms with van der Waals surface area (Å²) in [6.45, 7) is 0.406. The van der Waals surface area contributed by atoms with E-state index in [1.807, 2.05) is 11.0 Å². The fourth-order valence-electron chi connectivity index (χ4n) is 2.86. The molecule has 2 aromatic rings. The summed E-state index contributed by atoms with van der Waals surface area (Å²) >= 11 is 0. The molecule has 6 heteroatoms. The number of amides is 1. The van der Waals surface area contributed by atoms with Gasteiger partial charge in [-0.3, -0.25) is 9.78 Å². The number of aromatic nitrogens is 1. The first-order chi connectivity index (χ1) is 10.5. The number of nitrogens with zero attached hydrogens (tertiary/aromatic N) is 2. The Morgan fingerprint density at radius 1 is 1.36 bits per heavy atom. The summed E-state index contributed by atoms with van der Waals surface area (Å²) in [6.07, 6.45) is 1.49. The summed E-state index contributed by atoms with van der Waals surface area (Å²) in [5.41, 5.74) is 6.94. The highest BCUT2D eigenvalue weighted by Crippen LogP contribution is 2.36. The van der Waals surface area contributed by atoms with Gasteiger partial charge < -0.3 is 15.7 Å². The van der Waals surface area contributed by atoms with Crippen molar-refractivity contribution in [1.82, 2.24) is 4.98 Å². The Labute approximate surface area is 127 Å². The monoisotopic (exact) mass is 301 g/mol. The zero-order valence-electron chi connectivity index (χ0n) is 11.8. The molecule has 2 unspecified atom stereocenters. The van der Waals surface area contributed by atoms with Crippen LogP contribution in [0.15, 0.2) is 42.6 Å². The average molecular weight is 301 g/mol. The van der Waals surface area contributed by atoms with Crippen LogP contribution in [0.25, 0.3) is 0 Å². The van der Waals surface area contributed by atoms with E-state index in [2.05, 4.69) is 4.98 Å². The molecule has 2 atom stereocenters. The fraction of sp³-hybridized carbons (Fsp3) is 0.250. The molecule has 22 heavy (non-hydrogen) atoms. The van der Waals surface area contributed by atoms with Gasteiger partial charge in [0.2, 0.25) is 0 Å². The SMILES string of the molecule is NC(=O)c1cc(N2CC(O)CC2c2cccc(F)c2)ccn1. The quantitative estimate of drug-likeness (QED) is 0.903. The lowest BCUT2D eigenvalue weighted by molar-refractivity contribution is 0.0995. The van der Waals surface area contributed by atoms with Crippen molar-refractivity contribution in [1.29, 1.82) is 0 Å². The van der Waals surface area contributed by atoms with Gasteiger partial charge in [0.15, 0.2) is 0 Å². The third kappa shape index (κ3) is 2.78. The van der Waals surface area contributed by atoms with Crippen LogP contribution >= 0.6 is 0 Å². The van der Waals surface area contributed by atoms with E-state index in [0.717, 1.165) is 11.3 Å². The van der Waals surface area contributed by atoms with Gasteiger partial charge >= 0.3 is 0 Å². The first-order valence-corrected chi connectivity index (χ1v) is 7.00. The van der Waals surface area contributed by atoms with E-state index in [1.54, 1.807) is 18.2 Å². The molecule has 114 valence electrons. The van der Waals surface area contributed by atoms with Crippen LogP contribution in [0.5, 0.6) is 0 Å². The molecule has 1 aliphatic heterocycles. The van der Waals surface area contributed by atoms with E-state index in [1.165, 1.54) is 18.3 Å². The predicted molar refractivity (Wildman–Crippen MR) is 79.9 cm³/mol. The van der Waals surface area contributed by atoms with Crippen LogP contribution in [0.2, 0.25) is 0 Å². The van der Waals surface area contributed by atoms with Crippen LogP contribution in [-0.2, 0) is 0 Å². The molecular weight excluding hydrogens is 285 g/mol. The number of aliphatic hydroxyl groups excluding tert-OH is 1. The Morgan fingerprint density at radius 3 is 2.91 bits per heavy atom. The molecule has 1 aromatic heterocycles. The lowest BCUT2D eigenvalue weighted by Gasteiger charge is -2.27. The number of rotatable bonds is 3. The molecule has 1 aliphatic rings. The fourth-order valence-corrected chi connectivity index (χ4v) is 2.86. The largest absolute Gasteiger partial charge is 0.391 e. The second-order valence-corrected chi connectivity index (χ2v) is 5.38. The number of carbonyl (C=O) groups excluding carboxylic acids is 1. The van der Waals surface area contributed by atoms with Crippen LogP contribution in [-0.4, -0.2) is 28.6 Å². The molecule has 1 aromatic carbocycles. The molecule has 5 nitrogen and oxygen atoms in total. The molecule has 3 N–H and O–H groups in total. The second-order valence-electron chi connectivity index (χ2n) is 5.38. The summed E-state index contributed by atoms with van der Waals surface area (Å²) in [5, 5.41) is 10.00. The van der Waals surface area contributed by atoms with Gasteiger partial charge in [-0.15, -0.1) is 0 Å². The number of primary amides is 1. The summed E-state index contributed by atoms with van der Waals surface area (Å²) < 4.78 is 13.5. The number of pyridine rings is 1. The van der Waals surface area contributed by atoms with Crippen molar-refractivity contribution in [2.24, 2.45) is 5.73 Å². The van der Waals surface area contributed by atoms with Gasteiger partial charge in [-0.1, -0.05) is 12.1 Å². The van der Waals surface area contributed by atoms with Crippen LogP contribution in [0.1, 0.15) is 28.5 Å². The van der Waals surface area contributed by atoms with Crippen molar-refractivity contribution in [3.8, 4) is 0 Å². The zero-order valence-corrected chi connectivity index (χ0v) is 11.8. The molecule has 0 saturated carbocycles. The normalized spacial score (nSPS) is 21.1. The maximum Gasteiger partial charge on any atom is 0.267 e. The van der Waals surface area contributed by atoms with Gasteiger partial charge in [-0.25, -0.2) is 4.39 Å². The Balaban J connectivity index is 1.97. The van der Waals surface area contributed by atoms with Crippen LogP contribution < -0.4 is 10.6 Å². The lowest BCUT2D eigenvalue weighted by Crippen LogP contribution is -2.25. The maximum absolute atomic E-state index is 13.5. The van der Waals surface area contributed by atoms with Crippen LogP contribution in [0.3, 0.4) is 0 Å². The zero-order chi connectivity index (χ0) is 15.7. The molecule has 0 bridgehead atoms. The van der Waals surface area contributed by atoms with Crippen molar-refractivity contribution in [3.05, 3.63) is 59.7 Å². The highest BCUT2D eigenvalue weighted by molar-refractivity contribution is 5.91. The van der Waals surface area contributed by atoms with Crippen LogP contribution in [0.4, 0.5) is 10.1 Å². The number of aliphatic hydroxyl groups is 1. The Kier molecular flexibility index (Phi) is 3.77. The molecule has 1 fully saturated rings. The standard InChI is InChI=1S/C16H16FN3O2/c17-11-3-1-2-10(6-11)15-8-13(21)9-20(15)12-4-5-19-14(7-12)16(18)22/h1-7,13,15,21H,8-9H2,(H2,18,22). The summed E-state index contributed by atoms with van der Waals surface area (Å²) in [4.78, 5) is 17.1. The first kappa shape index (κ1) is 14.5. The van der Waals surface area contributed by atoms with Gasteiger partial charge in [-0.05, 0) is 36.2 Å². The number of benzene rings is 1. The van der Waals surface area contributed by atoms with Gasteiger partial charge in [0, 0.05) is 18.4 Å². The lowest BCUT2D eigenvalue weighted by atomic mass is 10.0. The maximum atomic E-state index is 13.5. The van der Waals surface area contributed by atoms with Crippen molar-refractivity contribution < 1.29 is 14.3 Å². The van der Waals surface area contributed by atoms with Crippen molar-refractivity contribution in [2.45, 2.75) is 18.6 Å². The summed E-state index contributed by atoms with van der Waals surface area (Å²) in [7, 11) is 0. The minimum atomic E-state index is -0.607. The molecule has 0 aliphatic carbocycles. The predicted octanol–water partition coefficient (Wildman–Crippen LogP) is 1.63. The minimum absolute atomic E-state index is 0.158. The molecule has 1 amide bonds. The van der Waals surface area contributed by atoms with E-state index in [9.17, 15) is 14.3 Å². The Morgan fingerprint density at radius 2 is 2.18 bits per heavy atom. The van der Waals surface area contributed by atoms with Gasteiger partial charge in [-0.2, -0.15) is 0 Å². The minimum Gasteiger partial charge on any atom is -0.391 e. The molecule has 1 saturated heterocycles. The second kappa shape index (κ2) is 5.73. The van der Waals surface area contributed by atoms with Crippen molar-refractivity contribution in [3.63, 3.8) is 0 Å². The number of hydrogen-bond acceptors (Lipinski definition) is 4. The third-order valence-corrected chi connectivity index (χ3v) is 3.84. The van der Waals surface area contributed by atoms with Crippen LogP contribution in [0, 0.1) is 5.82 Å². The highest BCUT2D eigenvalue weighted by atomic mass is 19.1. The van der Waals surface area contributed by atoms with E-state index >= 15 is 0 Å². The number of hydrogen-bond donors (Lipinski definition) is 2. The molecule has 2 heterocycles. The number of halogens is 1. The molecule has 0 radical (unpaired) electrons. The van der Waals surface area contributed by atoms with E-state index < -0.39 is 12.0 Å². The third-order valence-electron chi connectivity index (χ3n) is 3.84. The first-order valence-electron chi connectivity index (χ1n) is 7.00. The van der Waals surface area contributed by atoms with Gasteiger partial charge in [0.05, 0.1) is 12.1 Å². The topological polar surface area (TPSA) is 79.5 Å². The number of carbonyl (C=O) groups is 1. The Bertz CT molecular complexity index is 707. The Hall–Kier alpha value is -2.47. The highest BCUT2D eigenvalue weighted by Gasteiger charge is 2.32. The molecular formula is C16H16FN3O2. The average Bonchev–Trinajstić information content (AvgIpc) is 2.89. The number of nitrogens with two attached hydrogens (primary N) is 1.